The molecular weight excluding hydrogens is 200 g/mol. The summed E-state index contributed by atoms with van der Waals surface area (Å²) in [5.74, 6) is 0.357. The van der Waals surface area contributed by atoms with Crippen LogP contribution in [0.2, 0.25) is 0 Å². The first-order valence-corrected chi connectivity index (χ1v) is 5.62. The summed E-state index contributed by atoms with van der Waals surface area (Å²) in [5, 5.41) is 9.32. The topological polar surface area (TPSA) is 29.5 Å². The summed E-state index contributed by atoms with van der Waals surface area (Å²) < 4.78 is 4.83. The highest BCUT2D eigenvalue weighted by Crippen LogP contribution is 2.18. The minimum Gasteiger partial charge on any atom is -0.508 e. The van der Waals surface area contributed by atoms with E-state index in [1.807, 2.05) is 32.9 Å². The average Bonchev–Trinajstić information content (AvgIpc) is 2.26. The SMILES string of the molecule is C=CCc1cc(C)ccc1O.CCOCC. The predicted molar refractivity (Wildman–Crippen MR) is 68.9 cm³/mol. The van der Waals surface area contributed by atoms with Gasteiger partial charge in [-0.2, -0.15) is 0 Å². The fourth-order valence-corrected chi connectivity index (χ4v) is 1.24. The number of rotatable bonds is 4. The number of phenols is 1. The Morgan fingerprint density at radius 2 is 1.94 bits per heavy atom. The lowest BCUT2D eigenvalue weighted by atomic mass is 10.1. The van der Waals surface area contributed by atoms with Crippen LogP contribution >= 0.6 is 0 Å². The molecule has 0 aliphatic heterocycles. The summed E-state index contributed by atoms with van der Waals surface area (Å²) >= 11 is 0. The maximum Gasteiger partial charge on any atom is 0.119 e. The molecule has 0 amide bonds. The predicted octanol–water partition coefficient (Wildman–Crippen LogP) is 3.47. The fourth-order valence-electron chi connectivity index (χ4n) is 1.24. The van der Waals surface area contributed by atoms with Gasteiger partial charge in [0.2, 0.25) is 0 Å². The van der Waals surface area contributed by atoms with E-state index in [4.69, 9.17) is 4.74 Å². The van der Waals surface area contributed by atoms with Crippen molar-refractivity contribution in [2.45, 2.75) is 27.2 Å². The number of aryl methyl sites for hydroxylation is 1. The van der Waals surface area contributed by atoms with Crippen molar-refractivity contribution in [3.8, 4) is 5.75 Å². The molecule has 0 fully saturated rings. The van der Waals surface area contributed by atoms with E-state index in [9.17, 15) is 5.11 Å². The van der Waals surface area contributed by atoms with Crippen LogP contribution in [-0.2, 0) is 11.2 Å². The smallest absolute Gasteiger partial charge is 0.119 e. The molecule has 1 aromatic rings. The first kappa shape index (κ1) is 14.7. The second-order valence-electron chi connectivity index (χ2n) is 3.41. The molecule has 0 heterocycles. The summed E-state index contributed by atoms with van der Waals surface area (Å²) in [5.41, 5.74) is 2.11. The first-order chi connectivity index (χ1) is 7.65. The molecule has 2 heteroatoms. The molecule has 0 atom stereocenters. The summed E-state index contributed by atoms with van der Waals surface area (Å²) in [6.45, 7) is 11.3. The van der Waals surface area contributed by atoms with Crippen LogP contribution in [0.25, 0.3) is 0 Å². The summed E-state index contributed by atoms with van der Waals surface area (Å²) in [7, 11) is 0. The van der Waals surface area contributed by atoms with Crippen molar-refractivity contribution in [3.05, 3.63) is 42.0 Å². The molecule has 0 radical (unpaired) electrons. The third-order valence-corrected chi connectivity index (χ3v) is 2.01. The molecule has 1 rings (SSSR count). The van der Waals surface area contributed by atoms with Crippen LogP contribution in [0.4, 0.5) is 0 Å². The van der Waals surface area contributed by atoms with Gasteiger partial charge in [-0.25, -0.2) is 0 Å². The van der Waals surface area contributed by atoms with Gasteiger partial charge in [0.05, 0.1) is 0 Å². The Balaban J connectivity index is 0.000000385. The van der Waals surface area contributed by atoms with E-state index in [0.717, 1.165) is 25.2 Å². The summed E-state index contributed by atoms with van der Waals surface area (Å²) in [6.07, 6.45) is 2.52. The molecule has 2 nitrogen and oxygen atoms in total. The average molecular weight is 222 g/mol. The molecule has 0 spiro atoms. The molecule has 1 aromatic carbocycles. The number of ether oxygens (including phenoxy) is 1. The van der Waals surface area contributed by atoms with Gasteiger partial charge in [0.1, 0.15) is 5.75 Å². The normalized spacial score (nSPS) is 9.19. The van der Waals surface area contributed by atoms with E-state index < -0.39 is 0 Å². The minimum atomic E-state index is 0.357. The summed E-state index contributed by atoms with van der Waals surface area (Å²) in [4.78, 5) is 0. The van der Waals surface area contributed by atoms with Gasteiger partial charge in [-0.1, -0.05) is 23.8 Å². The highest BCUT2D eigenvalue weighted by atomic mass is 16.5. The molecule has 90 valence electrons. The van der Waals surface area contributed by atoms with Crippen LogP contribution in [0.15, 0.2) is 30.9 Å². The van der Waals surface area contributed by atoms with Gasteiger partial charge in [0.25, 0.3) is 0 Å². The third kappa shape index (κ3) is 6.25. The van der Waals surface area contributed by atoms with Crippen molar-refractivity contribution in [2.24, 2.45) is 0 Å². The zero-order valence-electron chi connectivity index (χ0n) is 10.5. The van der Waals surface area contributed by atoms with Crippen molar-refractivity contribution in [1.29, 1.82) is 0 Å². The zero-order chi connectivity index (χ0) is 12.4. The Bertz CT molecular complexity index is 304. The second kappa shape index (κ2) is 8.98. The van der Waals surface area contributed by atoms with Crippen molar-refractivity contribution < 1.29 is 9.84 Å². The van der Waals surface area contributed by atoms with Gasteiger partial charge in [0, 0.05) is 13.2 Å². The van der Waals surface area contributed by atoms with Crippen LogP contribution in [0.3, 0.4) is 0 Å². The van der Waals surface area contributed by atoms with Crippen LogP contribution in [0.5, 0.6) is 5.75 Å². The molecule has 16 heavy (non-hydrogen) atoms. The van der Waals surface area contributed by atoms with Crippen molar-refractivity contribution >= 4 is 0 Å². The maximum absolute atomic E-state index is 9.32. The van der Waals surface area contributed by atoms with E-state index in [1.165, 1.54) is 5.56 Å². The minimum absolute atomic E-state index is 0.357. The monoisotopic (exact) mass is 222 g/mol. The van der Waals surface area contributed by atoms with E-state index in [2.05, 4.69) is 6.58 Å². The van der Waals surface area contributed by atoms with Crippen LogP contribution in [-0.4, -0.2) is 18.3 Å². The molecule has 0 unspecified atom stereocenters. The Labute approximate surface area is 98.6 Å². The molecular formula is C14H22O2. The number of aromatic hydroxyl groups is 1. The van der Waals surface area contributed by atoms with E-state index in [0.29, 0.717) is 5.75 Å². The van der Waals surface area contributed by atoms with Crippen LogP contribution < -0.4 is 0 Å². The quantitative estimate of drug-likeness (QED) is 0.790. The Kier molecular flexibility index (Phi) is 8.26. The Morgan fingerprint density at radius 3 is 2.38 bits per heavy atom. The molecule has 0 aromatic heterocycles. The van der Waals surface area contributed by atoms with Gasteiger partial charge in [-0.3, -0.25) is 0 Å². The van der Waals surface area contributed by atoms with Crippen LogP contribution in [0.1, 0.15) is 25.0 Å². The Hall–Kier alpha value is -1.28. The molecule has 0 saturated heterocycles. The third-order valence-electron chi connectivity index (χ3n) is 2.01. The lowest BCUT2D eigenvalue weighted by molar-refractivity contribution is 0.162. The highest BCUT2D eigenvalue weighted by molar-refractivity contribution is 5.36. The second-order valence-corrected chi connectivity index (χ2v) is 3.41. The number of allylic oxidation sites excluding steroid dienone is 1. The highest BCUT2D eigenvalue weighted by Gasteiger charge is 1.97. The first-order valence-electron chi connectivity index (χ1n) is 5.62. The lowest BCUT2D eigenvalue weighted by Gasteiger charge is -2.01. The maximum atomic E-state index is 9.32. The van der Waals surface area contributed by atoms with Crippen LogP contribution in [0, 0.1) is 6.92 Å². The fraction of sp³-hybridized carbons (Fsp3) is 0.429. The molecule has 0 aliphatic rings. The lowest BCUT2D eigenvalue weighted by Crippen LogP contribution is -1.84. The number of benzene rings is 1. The van der Waals surface area contributed by atoms with Gasteiger partial charge in [-0.05, 0) is 38.8 Å². The summed E-state index contributed by atoms with van der Waals surface area (Å²) in [6, 6.07) is 5.58. The van der Waals surface area contributed by atoms with E-state index in [-0.39, 0.29) is 0 Å². The number of phenolic OH excluding ortho intramolecular Hbond substituents is 1. The number of hydrogen-bond acceptors (Lipinski definition) is 2. The van der Waals surface area contributed by atoms with Gasteiger partial charge in [0.15, 0.2) is 0 Å². The van der Waals surface area contributed by atoms with Gasteiger partial charge >= 0.3 is 0 Å². The molecule has 0 aliphatic carbocycles. The molecule has 0 bridgehead atoms. The standard InChI is InChI=1S/C10H12O.C4H10O/c1-3-4-9-7-8(2)5-6-10(9)11;1-3-5-4-2/h3,5-7,11H,1,4H2,2H3;3-4H2,1-2H3. The van der Waals surface area contributed by atoms with Crippen molar-refractivity contribution in [2.75, 3.05) is 13.2 Å². The largest absolute Gasteiger partial charge is 0.508 e. The van der Waals surface area contributed by atoms with Gasteiger partial charge in [-0.15, -0.1) is 6.58 Å². The zero-order valence-corrected chi connectivity index (χ0v) is 10.5. The molecule has 1 N–H and O–H groups in total. The van der Waals surface area contributed by atoms with Crippen molar-refractivity contribution in [1.82, 2.24) is 0 Å². The van der Waals surface area contributed by atoms with E-state index >= 15 is 0 Å². The van der Waals surface area contributed by atoms with Gasteiger partial charge < -0.3 is 9.84 Å². The molecule has 0 saturated carbocycles. The van der Waals surface area contributed by atoms with Crippen molar-refractivity contribution in [3.63, 3.8) is 0 Å². The van der Waals surface area contributed by atoms with E-state index in [1.54, 1.807) is 12.1 Å². The number of hydrogen-bond donors (Lipinski definition) is 1. The Morgan fingerprint density at radius 1 is 1.31 bits per heavy atom.